The molecule has 1 N–H and O–H groups in total. The van der Waals surface area contributed by atoms with Gasteiger partial charge >= 0.3 is 5.97 Å². The second-order valence-electron chi connectivity index (χ2n) is 6.65. The van der Waals surface area contributed by atoms with Gasteiger partial charge in [0.05, 0.1) is 6.10 Å². The molecule has 3 nitrogen and oxygen atoms in total. The van der Waals surface area contributed by atoms with Crippen LogP contribution in [0.25, 0.3) is 0 Å². The number of hydrogen-bond acceptors (Lipinski definition) is 3. The third-order valence-electron chi connectivity index (χ3n) is 4.93. The van der Waals surface area contributed by atoms with Crippen molar-refractivity contribution in [2.24, 2.45) is 11.8 Å². The van der Waals surface area contributed by atoms with Gasteiger partial charge in [-0.2, -0.15) is 11.8 Å². The predicted molar refractivity (Wildman–Crippen MR) is 92.4 cm³/mol. The van der Waals surface area contributed by atoms with Crippen LogP contribution in [0.15, 0.2) is 12.2 Å². The molecule has 4 heteroatoms. The molecule has 0 aromatic heterocycles. The van der Waals surface area contributed by atoms with E-state index in [9.17, 15) is 4.79 Å². The number of carboxylic acid groups (broad SMARTS) is 1. The van der Waals surface area contributed by atoms with Crippen LogP contribution in [-0.4, -0.2) is 35.3 Å². The van der Waals surface area contributed by atoms with E-state index in [0.717, 1.165) is 31.3 Å². The average molecular weight is 327 g/mol. The molecule has 2 atom stereocenters. The minimum atomic E-state index is -0.838. The molecule has 0 amide bonds. The van der Waals surface area contributed by atoms with Crippen LogP contribution in [0.1, 0.15) is 57.8 Å². The number of rotatable bonds is 10. The Kier molecular flexibility index (Phi) is 8.38. The van der Waals surface area contributed by atoms with Crippen molar-refractivity contribution >= 4 is 17.7 Å². The van der Waals surface area contributed by atoms with Crippen molar-refractivity contribution in [2.45, 2.75) is 63.9 Å². The van der Waals surface area contributed by atoms with Crippen molar-refractivity contribution in [3.05, 3.63) is 12.2 Å². The molecular formula is C18H30O3S. The minimum Gasteiger partial charge on any atom is -0.478 e. The number of unbranched alkanes of at least 4 members (excludes halogenated alkanes) is 2. The highest BCUT2D eigenvalue weighted by Gasteiger charge is 2.27. The minimum absolute atomic E-state index is 0.550. The van der Waals surface area contributed by atoms with Gasteiger partial charge in [0, 0.05) is 12.7 Å². The average Bonchev–Trinajstić information content (AvgIpc) is 3.14. The Morgan fingerprint density at radius 3 is 2.59 bits per heavy atom. The molecule has 1 aliphatic heterocycles. The van der Waals surface area contributed by atoms with Crippen molar-refractivity contribution in [1.82, 2.24) is 0 Å². The molecule has 1 saturated carbocycles. The molecule has 1 saturated heterocycles. The molecule has 0 spiro atoms. The van der Waals surface area contributed by atoms with E-state index in [4.69, 9.17) is 9.84 Å². The zero-order chi connectivity index (χ0) is 15.6. The zero-order valence-corrected chi connectivity index (χ0v) is 14.4. The zero-order valence-electron chi connectivity index (χ0n) is 13.5. The number of thioether (sulfide) groups is 1. The van der Waals surface area contributed by atoms with Gasteiger partial charge < -0.3 is 9.84 Å². The van der Waals surface area contributed by atoms with Crippen LogP contribution >= 0.6 is 11.8 Å². The summed E-state index contributed by atoms with van der Waals surface area (Å²) < 4.78 is 6.02. The first kappa shape index (κ1) is 17.9. The van der Waals surface area contributed by atoms with E-state index in [1.165, 1.54) is 62.5 Å². The Hall–Kier alpha value is -0.480. The number of allylic oxidation sites excluding steroid dienone is 1. The second kappa shape index (κ2) is 10.3. The third-order valence-corrected chi connectivity index (χ3v) is 6.26. The number of hydrogen-bond donors (Lipinski definition) is 1. The lowest BCUT2D eigenvalue weighted by Crippen LogP contribution is -2.17. The van der Waals surface area contributed by atoms with Crippen molar-refractivity contribution in [3.63, 3.8) is 0 Å². The highest BCUT2D eigenvalue weighted by atomic mass is 32.2. The SMILES string of the molecule is O=C(O)/C=C/CCCCC1CSCC1CCOC1CCCC1. The standard InChI is InChI=1S/C18H30O3S/c19-18(20)10-4-2-1-3-7-15-13-22-14-16(15)11-12-21-17-8-5-6-9-17/h4,10,15-17H,1-3,5-9,11-14H2,(H,19,20)/b10-4+. The lowest BCUT2D eigenvalue weighted by molar-refractivity contribution is -0.131. The smallest absolute Gasteiger partial charge is 0.327 e. The van der Waals surface area contributed by atoms with E-state index in [2.05, 4.69) is 11.8 Å². The van der Waals surface area contributed by atoms with Gasteiger partial charge in [0.2, 0.25) is 0 Å². The molecule has 0 radical (unpaired) electrons. The van der Waals surface area contributed by atoms with Gasteiger partial charge in [0.1, 0.15) is 0 Å². The molecule has 2 rings (SSSR count). The van der Waals surface area contributed by atoms with E-state index >= 15 is 0 Å². The molecule has 2 aliphatic rings. The molecule has 1 aliphatic carbocycles. The van der Waals surface area contributed by atoms with E-state index in [1.807, 2.05) is 0 Å². The van der Waals surface area contributed by atoms with Gasteiger partial charge in [0.15, 0.2) is 0 Å². The maximum absolute atomic E-state index is 10.4. The van der Waals surface area contributed by atoms with Crippen LogP contribution in [0.3, 0.4) is 0 Å². The van der Waals surface area contributed by atoms with Gasteiger partial charge in [-0.3, -0.25) is 0 Å². The topological polar surface area (TPSA) is 46.5 Å². The first-order valence-electron chi connectivity index (χ1n) is 8.84. The van der Waals surface area contributed by atoms with E-state index in [0.29, 0.717) is 6.10 Å². The second-order valence-corrected chi connectivity index (χ2v) is 7.72. The Morgan fingerprint density at radius 2 is 1.86 bits per heavy atom. The van der Waals surface area contributed by atoms with Crippen molar-refractivity contribution in [1.29, 1.82) is 0 Å². The molecule has 126 valence electrons. The molecule has 0 aromatic carbocycles. The Balaban J connectivity index is 1.54. The normalized spacial score (nSPS) is 26.2. The van der Waals surface area contributed by atoms with Gasteiger partial charge in [0.25, 0.3) is 0 Å². The van der Waals surface area contributed by atoms with Crippen LogP contribution in [0.5, 0.6) is 0 Å². The molecule has 1 heterocycles. The first-order valence-corrected chi connectivity index (χ1v) is 10.00. The van der Waals surface area contributed by atoms with Crippen molar-refractivity contribution in [3.8, 4) is 0 Å². The summed E-state index contributed by atoms with van der Waals surface area (Å²) in [4.78, 5) is 10.4. The van der Waals surface area contributed by atoms with Crippen LogP contribution in [-0.2, 0) is 9.53 Å². The fraction of sp³-hybridized carbons (Fsp3) is 0.833. The van der Waals surface area contributed by atoms with Gasteiger partial charge in [-0.15, -0.1) is 0 Å². The fourth-order valence-electron chi connectivity index (χ4n) is 3.57. The van der Waals surface area contributed by atoms with E-state index in [-0.39, 0.29) is 0 Å². The molecule has 0 bridgehead atoms. The van der Waals surface area contributed by atoms with Crippen LogP contribution < -0.4 is 0 Å². The van der Waals surface area contributed by atoms with Crippen molar-refractivity contribution < 1.29 is 14.6 Å². The van der Waals surface area contributed by atoms with E-state index in [1.54, 1.807) is 6.08 Å². The lowest BCUT2D eigenvalue weighted by atomic mass is 9.88. The van der Waals surface area contributed by atoms with Gasteiger partial charge in [-0.1, -0.05) is 25.3 Å². The Bertz CT molecular complexity index is 350. The quantitative estimate of drug-likeness (QED) is 0.474. The lowest BCUT2D eigenvalue weighted by Gasteiger charge is -2.19. The number of carbonyl (C=O) groups is 1. The summed E-state index contributed by atoms with van der Waals surface area (Å²) in [5.41, 5.74) is 0. The predicted octanol–water partition coefficient (Wildman–Crippen LogP) is 4.52. The first-order chi connectivity index (χ1) is 10.8. The highest BCUT2D eigenvalue weighted by Crippen LogP contribution is 2.36. The van der Waals surface area contributed by atoms with Crippen LogP contribution in [0.4, 0.5) is 0 Å². The monoisotopic (exact) mass is 326 g/mol. The van der Waals surface area contributed by atoms with E-state index < -0.39 is 5.97 Å². The summed E-state index contributed by atoms with van der Waals surface area (Å²) in [6.07, 6.45) is 14.6. The van der Waals surface area contributed by atoms with Crippen molar-refractivity contribution in [2.75, 3.05) is 18.1 Å². The van der Waals surface area contributed by atoms with Crippen LogP contribution in [0.2, 0.25) is 0 Å². The number of carboxylic acids is 1. The van der Waals surface area contributed by atoms with Crippen LogP contribution in [0, 0.1) is 11.8 Å². The molecule has 2 unspecified atom stereocenters. The highest BCUT2D eigenvalue weighted by molar-refractivity contribution is 7.99. The maximum Gasteiger partial charge on any atom is 0.327 e. The van der Waals surface area contributed by atoms with Gasteiger partial charge in [-0.05, 0) is 61.9 Å². The van der Waals surface area contributed by atoms with Gasteiger partial charge in [-0.25, -0.2) is 4.79 Å². The summed E-state index contributed by atoms with van der Waals surface area (Å²) in [5.74, 6) is 3.45. The molecule has 22 heavy (non-hydrogen) atoms. The molecule has 0 aromatic rings. The summed E-state index contributed by atoms with van der Waals surface area (Å²) in [5, 5.41) is 8.54. The molecular weight excluding hydrogens is 296 g/mol. The summed E-state index contributed by atoms with van der Waals surface area (Å²) in [6, 6.07) is 0. The summed E-state index contributed by atoms with van der Waals surface area (Å²) >= 11 is 2.10. The Morgan fingerprint density at radius 1 is 1.14 bits per heavy atom. The Labute approximate surface area is 138 Å². The number of aliphatic carboxylic acids is 1. The third kappa shape index (κ3) is 6.74. The fourth-order valence-corrected chi connectivity index (χ4v) is 5.19. The molecule has 2 fully saturated rings. The maximum atomic E-state index is 10.4. The summed E-state index contributed by atoms with van der Waals surface area (Å²) in [6.45, 7) is 0.952. The number of ether oxygens (including phenoxy) is 1. The largest absolute Gasteiger partial charge is 0.478 e. The summed E-state index contributed by atoms with van der Waals surface area (Å²) in [7, 11) is 0.